The lowest BCUT2D eigenvalue weighted by atomic mass is 10.2. The van der Waals surface area contributed by atoms with E-state index in [0.29, 0.717) is 5.75 Å². The fourth-order valence-electron chi connectivity index (χ4n) is 1.85. The number of nitrogens with one attached hydrogen (secondary N) is 1. The Labute approximate surface area is 124 Å². The minimum absolute atomic E-state index is 0.00516. The average molecular weight is 313 g/mol. The van der Waals surface area contributed by atoms with Crippen molar-refractivity contribution < 1.29 is 14.6 Å². The van der Waals surface area contributed by atoms with Gasteiger partial charge in [-0.25, -0.2) is 9.36 Å². The van der Waals surface area contributed by atoms with Gasteiger partial charge in [-0.2, -0.15) is 0 Å². The van der Waals surface area contributed by atoms with Crippen LogP contribution in [-0.2, 0) is 0 Å². The number of nitrogens with zero attached hydrogens (tertiary/aromatic N) is 1. The molecule has 0 saturated heterocycles. The number of ether oxygens (including phenoxy) is 2. The first-order chi connectivity index (χ1) is 9.90. The molecule has 8 heteroatoms. The summed E-state index contributed by atoms with van der Waals surface area (Å²) in [5, 5.41) is 10.4. The van der Waals surface area contributed by atoms with Gasteiger partial charge >= 0.3 is 5.69 Å². The van der Waals surface area contributed by atoms with Crippen LogP contribution in [0.3, 0.4) is 0 Å². The molecule has 0 fully saturated rings. The summed E-state index contributed by atoms with van der Waals surface area (Å²) in [6, 6.07) is 2.88. The van der Waals surface area contributed by atoms with Crippen LogP contribution in [0.5, 0.6) is 17.4 Å². The smallest absolute Gasteiger partial charge is 0.335 e. The van der Waals surface area contributed by atoms with E-state index in [1.807, 2.05) is 0 Å². The SMILES string of the molecule is COc1cc(-n2c(O)c(C)c(=O)[nH]c2=O)c(OC)cc1Cl. The molecule has 0 radical (unpaired) electrons. The summed E-state index contributed by atoms with van der Waals surface area (Å²) in [5.74, 6) is 0.0543. The Hall–Kier alpha value is -2.41. The van der Waals surface area contributed by atoms with Crippen LogP contribution < -0.4 is 20.7 Å². The van der Waals surface area contributed by atoms with E-state index in [0.717, 1.165) is 4.57 Å². The first-order valence-corrected chi connectivity index (χ1v) is 6.25. The van der Waals surface area contributed by atoms with E-state index in [1.54, 1.807) is 0 Å². The predicted octanol–water partition coefficient (Wildman–Crippen LogP) is 1.21. The van der Waals surface area contributed by atoms with Crippen LogP contribution in [0.25, 0.3) is 5.69 Å². The van der Waals surface area contributed by atoms with E-state index in [2.05, 4.69) is 4.98 Å². The van der Waals surface area contributed by atoms with Crippen molar-refractivity contribution in [1.82, 2.24) is 9.55 Å². The highest BCUT2D eigenvalue weighted by molar-refractivity contribution is 6.32. The zero-order chi connectivity index (χ0) is 15.7. The van der Waals surface area contributed by atoms with E-state index >= 15 is 0 Å². The fraction of sp³-hybridized carbons (Fsp3) is 0.231. The Balaban J connectivity index is 2.87. The monoisotopic (exact) mass is 312 g/mol. The second kappa shape index (κ2) is 5.53. The van der Waals surface area contributed by atoms with E-state index in [9.17, 15) is 14.7 Å². The van der Waals surface area contributed by atoms with Crippen LogP contribution in [0.15, 0.2) is 21.7 Å². The van der Waals surface area contributed by atoms with Crippen molar-refractivity contribution in [3.8, 4) is 23.1 Å². The summed E-state index contributed by atoms with van der Waals surface area (Å²) in [4.78, 5) is 25.6. The number of hydrogen-bond donors (Lipinski definition) is 2. The number of halogens is 1. The van der Waals surface area contributed by atoms with Crippen LogP contribution in [0.2, 0.25) is 5.02 Å². The predicted molar refractivity (Wildman–Crippen MR) is 77.2 cm³/mol. The van der Waals surface area contributed by atoms with Gasteiger partial charge in [-0.15, -0.1) is 0 Å². The number of aromatic hydroxyl groups is 1. The number of hydrogen-bond acceptors (Lipinski definition) is 5. The van der Waals surface area contributed by atoms with Crippen LogP contribution in [0.4, 0.5) is 0 Å². The molecule has 0 spiro atoms. The first kappa shape index (κ1) is 15.0. The minimum Gasteiger partial charge on any atom is -0.495 e. The van der Waals surface area contributed by atoms with Gasteiger partial charge in [0.1, 0.15) is 11.5 Å². The molecule has 0 aliphatic heterocycles. The normalized spacial score (nSPS) is 10.5. The molecule has 21 heavy (non-hydrogen) atoms. The number of aromatic nitrogens is 2. The van der Waals surface area contributed by atoms with Gasteiger partial charge in [-0.3, -0.25) is 9.78 Å². The van der Waals surface area contributed by atoms with Gasteiger partial charge < -0.3 is 14.6 Å². The van der Waals surface area contributed by atoms with Crippen molar-refractivity contribution in [2.75, 3.05) is 14.2 Å². The maximum atomic E-state index is 12.0. The van der Waals surface area contributed by atoms with Crippen LogP contribution in [0.1, 0.15) is 5.56 Å². The molecular weight excluding hydrogens is 300 g/mol. The van der Waals surface area contributed by atoms with E-state index < -0.39 is 17.1 Å². The third-order valence-corrected chi connectivity index (χ3v) is 3.30. The average Bonchev–Trinajstić information content (AvgIpc) is 2.45. The van der Waals surface area contributed by atoms with Crippen LogP contribution in [-0.4, -0.2) is 28.9 Å². The standard InChI is InChI=1S/C13H13ClN2O5/c1-6-11(17)15-13(19)16(12(6)18)8-5-9(20-2)7(14)4-10(8)21-3/h4-5,18H,1-3H3,(H,15,17,19). The summed E-state index contributed by atoms with van der Waals surface area (Å²) in [6.45, 7) is 1.39. The number of H-pyrrole nitrogens is 1. The van der Waals surface area contributed by atoms with Crippen molar-refractivity contribution in [3.63, 3.8) is 0 Å². The molecule has 112 valence electrons. The molecule has 0 bridgehead atoms. The van der Waals surface area contributed by atoms with E-state index in [-0.39, 0.29) is 22.0 Å². The molecule has 1 aromatic carbocycles. The molecule has 0 saturated carbocycles. The van der Waals surface area contributed by atoms with Gasteiger partial charge in [0, 0.05) is 12.1 Å². The second-order valence-electron chi connectivity index (χ2n) is 4.20. The molecule has 0 aliphatic rings. The zero-order valence-corrected chi connectivity index (χ0v) is 12.3. The Morgan fingerprint density at radius 3 is 2.38 bits per heavy atom. The van der Waals surface area contributed by atoms with Crippen molar-refractivity contribution in [1.29, 1.82) is 0 Å². The van der Waals surface area contributed by atoms with E-state index in [1.165, 1.54) is 33.3 Å². The minimum atomic E-state index is -0.800. The highest BCUT2D eigenvalue weighted by Crippen LogP contribution is 2.35. The Kier molecular flexibility index (Phi) is 3.95. The number of methoxy groups -OCH3 is 2. The first-order valence-electron chi connectivity index (χ1n) is 5.87. The third kappa shape index (κ3) is 2.47. The molecular formula is C13H13ClN2O5. The van der Waals surface area contributed by atoms with Gasteiger partial charge in [-0.05, 0) is 6.92 Å². The highest BCUT2D eigenvalue weighted by atomic mass is 35.5. The molecule has 1 aromatic heterocycles. The van der Waals surface area contributed by atoms with Crippen LogP contribution in [0, 0.1) is 6.92 Å². The van der Waals surface area contributed by atoms with Gasteiger partial charge in [0.15, 0.2) is 0 Å². The molecule has 2 N–H and O–H groups in total. The topological polar surface area (TPSA) is 93.5 Å². The lowest BCUT2D eigenvalue weighted by molar-refractivity contribution is 0.393. The molecule has 2 rings (SSSR count). The Morgan fingerprint density at radius 2 is 1.81 bits per heavy atom. The van der Waals surface area contributed by atoms with Gasteiger partial charge in [0.2, 0.25) is 5.88 Å². The lowest BCUT2D eigenvalue weighted by Gasteiger charge is -2.15. The van der Waals surface area contributed by atoms with Crippen molar-refractivity contribution in [2.45, 2.75) is 6.92 Å². The largest absolute Gasteiger partial charge is 0.495 e. The maximum Gasteiger partial charge on any atom is 0.335 e. The molecule has 0 atom stereocenters. The van der Waals surface area contributed by atoms with Gasteiger partial charge in [0.05, 0.1) is 30.5 Å². The van der Waals surface area contributed by atoms with Gasteiger partial charge in [-0.1, -0.05) is 11.6 Å². The lowest BCUT2D eigenvalue weighted by Crippen LogP contribution is -2.30. The van der Waals surface area contributed by atoms with E-state index in [4.69, 9.17) is 21.1 Å². The summed E-state index contributed by atoms with van der Waals surface area (Å²) in [5.41, 5.74) is -1.26. The molecule has 0 aliphatic carbocycles. The Morgan fingerprint density at radius 1 is 1.19 bits per heavy atom. The van der Waals surface area contributed by atoms with Crippen molar-refractivity contribution >= 4 is 11.6 Å². The van der Waals surface area contributed by atoms with Crippen molar-refractivity contribution in [3.05, 3.63) is 43.6 Å². The maximum absolute atomic E-state index is 12.0. The molecule has 0 unspecified atom stereocenters. The summed E-state index contributed by atoms with van der Waals surface area (Å²) in [6.07, 6.45) is 0. The molecule has 7 nitrogen and oxygen atoms in total. The summed E-state index contributed by atoms with van der Waals surface area (Å²) in [7, 11) is 2.81. The Bertz CT molecular complexity index is 809. The molecule has 0 amide bonds. The number of aromatic amines is 1. The van der Waals surface area contributed by atoms with Crippen molar-refractivity contribution in [2.24, 2.45) is 0 Å². The molecule has 1 heterocycles. The number of benzene rings is 1. The van der Waals surface area contributed by atoms with Crippen LogP contribution >= 0.6 is 11.6 Å². The zero-order valence-electron chi connectivity index (χ0n) is 11.6. The highest BCUT2D eigenvalue weighted by Gasteiger charge is 2.18. The summed E-state index contributed by atoms with van der Waals surface area (Å²) < 4.78 is 11.2. The fourth-order valence-corrected chi connectivity index (χ4v) is 2.09. The summed E-state index contributed by atoms with van der Waals surface area (Å²) >= 11 is 5.99. The third-order valence-electron chi connectivity index (χ3n) is 3.01. The second-order valence-corrected chi connectivity index (χ2v) is 4.61. The quantitative estimate of drug-likeness (QED) is 0.888. The number of rotatable bonds is 3. The molecule has 2 aromatic rings. The van der Waals surface area contributed by atoms with Gasteiger partial charge in [0.25, 0.3) is 5.56 Å².